The number of fused-ring (bicyclic) bond motifs is 7. The molecule has 256 valence electrons. The summed E-state index contributed by atoms with van der Waals surface area (Å²) in [6.45, 7) is 0. The second kappa shape index (κ2) is 12.6. The topological polar surface area (TPSA) is 38.9 Å². The number of hydrogen-bond donors (Lipinski definition) is 0. The van der Waals surface area contributed by atoms with E-state index in [0.29, 0.717) is 5.82 Å². The van der Waals surface area contributed by atoms with Gasteiger partial charge in [0.1, 0.15) is 11.2 Å². The van der Waals surface area contributed by atoms with Gasteiger partial charge in [0.15, 0.2) is 5.82 Å². The molecular formula is C52H32N2O. The second-order valence-corrected chi connectivity index (χ2v) is 14.1. The Bertz CT molecular complexity index is 3230. The van der Waals surface area contributed by atoms with E-state index >= 15 is 0 Å². The Balaban J connectivity index is 1.08. The molecule has 0 N–H and O–H groups in total. The molecule has 0 aliphatic rings. The molecule has 3 heteroatoms. The van der Waals surface area contributed by atoms with Crippen molar-refractivity contribution < 1.29 is 4.42 Å². The first kappa shape index (κ1) is 31.2. The fourth-order valence-electron chi connectivity index (χ4n) is 8.12. The summed E-state index contributed by atoms with van der Waals surface area (Å²) in [5.74, 6) is 0.705. The van der Waals surface area contributed by atoms with Crippen molar-refractivity contribution in [2.24, 2.45) is 0 Å². The predicted molar refractivity (Wildman–Crippen MR) is 229 cm³/mol. The van der Waals surface area contributed by atoms with Gasteiger partial charge in [0.2, 0.25) is 0 Å². The SMILES string of the molecule is c1ccc(-c2ccc(-c3cc(-c4ccc(-c5ccc6c(c5)oc5ccccc56)cc4)nc(-c4c5ccccc5cc5c4ccc4ccccc45)n3)cc2)cc1. The third-order valence-corrected chi connectivity index (χ3v) is 10.9. The molecule has 0 saturated heterocycles. The summed E-state index contributed by atoms with van der Waals surface area (Å²) in [6.07, 6.45) is 0. The fourth-order valence-corrected chi connectivity index (χ4v) is 8.12. The lowest BCUT2D eigenvalue weighted by Gasteiger charge is -2.15. The van der Waals surface area contributed by atoms with Gasteiger partial charge >= 0.3 is 0 Å². The molecule has 0 radical (unpaired) electrons. The summed E-state index contributed by atoms with van der Waals surface area (Å²) in [4.78, 5) is 10.8. The van der Waals surface area contributed by atoms with Crippen molar-refractivity contribution in [1.82, 2.24) is 9.97 Å². The summed E-state index contributed by atoms with van der Waals surface area (Å²) >= 11 is 0. The minimum Gasteiger partial charge on any atom is -0.456 e. The first-order valence-corrected chi connectivity index (χ1v) is 18.6. The van der Waals surface area contributed by atoms with Crippen LogP contribution in [0.1, 0.15) is 0 Å². The highest BCUT2D eigenvalue weighted by atomic mass is 16.3. The van der Waals surface area contributed by atoms with Crippen LogP contribution in [0, 0.1) is 0 Å². The first-order valence-electron chi connectivity index (χ1n) is 18.6. The van der Waals surface area contributed by atoms with Crippen LogP contribution in [0.2, 0.25) is 0 Å². The van der Waals surface area contributed by atoms with Crippen LogP contribution in [0.5, 0.6) is 0 Å². The average molecular weight is 701 g/mol. The molecule has 0 aliphatic heterocycles. The zero-order valence-corrected chi connectivity index (χ0v) is 29.8. The molecule has 11 aromatic rings. The van der Waals surface area contributed by atoms with E-state index in [2.05, 4.69) is 176 Å². The van der Waals surface area contributed by atoms with Gasteiger partial charge in [-0.3, -0.25) is 0 Å². The minimum atomic E-state index is 0.705. The first-order chi connectivity index (χ1) is 27.2. The quantitative estimate of drug-likeness (QED) is 0.133. The Hall–Kier alpha value is -7.36. The minimum absolute atomic E-state index is 0.705. The smallest absolute Gasteiger partial charge is 0.161 e. The van der Waals surface area contributed by atoms with Crippen LogP contribution in [-0.2, 0) is 0 Å². The monoisotopic (exact) mass is 700 g/mol. The summed E-state index contributed by atoms with van der Waals surface area (Å²) in [5, 5.41) is 9.32. The molecule has 0 amide bonds. The van der Waals surface area contributed by atoms with E-state index in [0.717, 1.165) is 77.3 Å². The summed E-state index contributed by atoms with van der Waals surface area (Å²) in [5.41, 5.74) is 11.2. The molecular weight excluding hydrogens is 669 g/mol. The molecule has 11 rings (SSSR count). The van der Waals surface area contributed by atoms with Gasteiger partial charge in [0, 0.05) is 27.5 Å². The van der Waals surface area contributed by atoms with Crippen molar-refractivity contribution in [2.45, 2.75) is 0 Å². The van der Waals surface area contributed by atoms with E-state index in [9.17, 15) is 0 Å². The lowest BCUT2D eigenvalue weighted by atomic mass is 9.92. The Morgan fingerprint density at radius 3 is 1.56 bits per heavy atom. The fraction of sp³-hybridized carbons (Fsp3) is 0. The molecule has 0 saturated carbocycles. The molecule has 9 aromatic carbocycles. The molecule has 2 aromatic heterocycles. The van der Waals surface area contributed by atoms with Crippen molar-refractivity contribution >= 4 is 54.3 Å². The van der Waals surface area contributed by atoms with Crippen LogP contribution in [0.15, 0.2) is 199 Å². The number of nitrogens with zero attached hydrogens (tertiary/aromatic N) is 2. The maximum absolute atomic E-state index is 6.22. The molecule has 3 nitrogen and oxygen atoms in total. The van der Waals surface area contributed by atoms with E-state index in [-0.39, 0.29) is 0 Å². The molecule has 0 spiro atoms. The van der Waals surface area contributed by atoms with Crippen molar-refractivity contribution in [1.29, 1.82) is 0 Å². The molecule has 0 atom stereocenters. The Morgan fingerprint density at radius 1 is 0.291 bits per heavy atom. The molecule has 2 heterocycles. The van der Waals surface area contributed by atoms with Crippen LogP contribution in [0.4, 0.5) is 0 Å². The van der Waals surface area contributed by atoms with Crippen LogP contribution < -0.4 is 0 Å². The van der Waals surface area contributed by atoms with Gasteiger partial charge in [-0.05, 0) is 84.9 Å². The van der Waals surface area contributed by atoms with E-state index < -0.39 is 0 Å². The third kappa shape index (κ3) is 5.36. The Kier molecular flexibility index (Phi) is 7.17. The maximum Gasteiger partial charge on any atom is 0.161 e. The predicted octanol–water partition coefficient (Wildman–Crippen LogP) is 14.2. The third-order valence-electron chi connectivity index (χ3n) is 10.9. The number of aromatic nitrogens is 2. The summed E-state index contributed by atoms with van der Waals surface area (Å²) in [7, 11) is 0. The van der Waals surface area contributed by atoms with Gasteiger partial charge < -0.3 is 4.42 Å². The van der Waals surface area contributed by atoms with Gasteiger partial charge in [0.05, 0.1) is 11.4 Å². The Labute approximate surface area is 317 Å². The highest BCUT2D eigenvalue weighted by Crippen LogP contribution is 2.40. The summed E-state index contributed by atoms with van der Waals surface area (Å²) < 4.78 is 6.22. The second-order valence-electron chi connectivity index (χ2n) is 14.1. The van der Waals surface area contributed by atoms with Crippen molar-refractivity contribution in [3.63, 3.8) is 0 Å². The van der Waals surface area contributed by atoms with E-state index in [1.165, 1.54) is 27.3 Å². The molecule has 0 unspecified atom stereocenters. The van der Waals surface area contributed by atoms with Gasteiger partial charge in [-0.2, -0.15) is 0 Å². The van der Waals surface area contributed by atoms with Crippen molar-refractivity contribution in [3.8, 4) is 56.2 Å². The molecule has 0 bridgehead atoms. The van der Waals surface area contributed by atoms with Gasteiger partial charge in [-0.25, -0.2) is 9.97 Å². The number of hydrogen-bond acceptors (Lipinski definition) is 3. The highest BCUT2D eigenvalue weighted by molar-refractivity contribution is 6.19. The number of benzene rings is 9. The molecule has 0 aliphatic carbocycles. The zero-order chi connectivity index (χ0) is 36.3. The maximum atomic E-state index is 6.22. The lowest BCUT2D eigenvalue weighted by molar-refractivity contribution is 0.669. The zero-order valence-electron chi connectivity index (χ0n) is 29.8. The van der Waals surface area contributed by atoms with Crippen LogP contribution in [0.25, 0.3) is 110 Å². The van der Waals surface area contributed by atoms with E-state index in [4.69, 9.17) is 14.4 Å². The van der Waals surface area contributed by atoms with Crippen LogP contribution in [-0.4, -0.2) is 9.97 Å². The van der Waals surface area contributed by atoms with Crippen molar-refractivity contribution in [3.05, 3.63) is 194 Å². The van der Waals surface area contributed by atoms with Crippen molar-refractivity contribution in [2.75, 3.05) is 0 Å². The number of furan rings is 1. The number of rotatable bonds is 5. The van der Waals surface area contributed by atoms with Gasteiger partial charge in [0.25, 0.3) is 0 Å². The molecule has 0 fully saturated rings. The Morgan fingerprint density at radius 2 is 0.818 bits per heavy atom. The van der Waals surface area contributed by atoms with Crippen LogP contribution >= 0.6 is 0 Å². The van der Waals surface area contributed by atoms with Gasteiger partial charge in [-0.15, -0.1) is 0 Å². The average Bonchev–Trinajstić information content (AvgIpc) is 3.64. The molecule has 55 heavy (non-hydrogen) atoms. The normalized spacial score (nSPS) is 11.6. The standard InChI is InChI=1S/C52H32N2O/c1-2-10-33(11-3-1)34-18-22-37(23-19-34)47-32-48(38-24-20-35(21-25-38)39-27-28-44-43-16-8-9-17-49(43)55-50(44)31-39)54-52(53-47)51-42-15-7-5-13-40(42)30-46-41-14-6-4-12-36(41)26-29-45(46)51/h1-32H. The van der Waals surface area contributed by atoms with E-state index in [1.807, 2.05) is 18.2 Å². The highest BCUT2D eigenvalue weighted by Gasteiger charge is 2.18. The van der Waals surface area contributed by atoms with Crippen LogP contribution in [0.3, 0.4) is 0 Å². The summed E-state index contributed by atoms with van der Waals surface area (Å²) in [6, 6.07) is 68.6. The van der Waals surface area contributed by atoms with E-state index in [1.54, 1.807) is 0 Å². The number of para-hydroxylation sites is 1. The van der Waals surface area contributed by atoms with Gasteiger partial charge in [-0.1, -0.05) is 164 Å². The largest absolute Gasteiger partial charge is 0.456 e. The lowest BCUT2D eigenvalue weighted by Crippen LogP contribution is -1.98.